The van der Waals surface area contributed by atoms with Gasteiger partial charge in [0.05, 0.1) is 12.7 Å². The lowest BCUT2D eigenvalue weighted by Crippen LogP contribution is -2.28. The lowest BCUT2D eigenvalue weighted by atomic mass is 10.0. The van der Waals surface area contributed by atoms with Crippen molar-refractivity contribution in [3.05, 3.63) is 48.6 Å². The molecular formula is C36H62O6. The minimum Gasteiger partial charge on any atom is -0.462 e. The molecular weight excluding hydrogens is 528 g/mol. The van der Waals surface area contributed by atoms with E-state index in [0.29, 0.717) is 19.3 Å². The first-order valence-corrected chi connectivity index (χ1v) is 16.6. The molecule has 0 aliphatic carbocycles. The van der Waals surface area contributed by atoms with Gasteiger partial charge in [0.1, 0.15) is 6.61 Å². The number of aliphatic hydroxyl groups is 2. The second kappa shape index (κ2) is 30.3. The van der Waals surface area contributed by atoms with Crippen LogP contribution < -0.4 is 0 Å². The molecule has 42 heavy (non-hydrogen) atoms. The van der Waals surface area contributed by atoms with E-state index in [1.165, 1.54) is 32.1 Å². The summed E-state index contributed by atoms with van der Waals surface area (Å²) in [5.41, 5.74) is 0. The third-order valence-corrected chi connectivity index (χ3v) is 6.87. The van der Waals surface area contributed by atoms with Crippen LogP contribution in [-0.4, -0.2) is 47.6 Å². The van der Waals surface area contributed by atoms with Crippen LogP contribution in [0.5, 0.6) is 0 Å². The lowest BCUT2D eigenvalue weighted by molar-refractivity contribution is -0.161. The van der Waals surface area contributed by atoms with Crippen molar-refractivity contribution in [3.8, 4) is 0 Å². The van der Waals surface area contributed by atoms with E-state index in [1.54, 1.807) is 0 Å². The number of rotatable bonds is 28. The minimum absolute atomic E-state index is 0.107. The Bertz CT molecular complexity index is 752. The zero-order valence-corrected chi connectivity index (χ0v) is 27.0. The van der Waals surface area contributed by atoms with E-state index in [1.807, 2.05) is 12.2 Å². The predicted octanol–water partition coefficient (Wildman–Crippen LogP) is 8.72. The van der Waals surface area contributed by atoms with Crippen LogP contribution in [0.25, 0.3) is 0 Å². The van der Waals surface area contributed by atoms with E-state index in [2.05, 4.69) is 57.2 Å². The van der Waals surface area contributed by atoms with E-state index in [0.717, 1.165) is 70.1 Å². The first-order valence-electron chi connectivity index (χ1n) is 16.6. The highest BCUT2D eigenvalue weighted by Crippen LogP contribution is 2.13. The smallest absolute Gasteiger partial charge is 0.306 e. The first-order chi connectivity index (χ1) is 20.4. The molecule has 6 nitrogen and oxygen atoms in total. The Balaban J connectivity index is 3.76. The normalized spacial score (nSPS) is 13.7. The molecule has 0 amide bonds. The van der Waals surface area contributed by atoms with Crippen molar-refractivity contribution in [1.82, 2.24) is 0 Å². The molecule has 0 aliphatic rings. The molecule has 6 heteroatoms. The summed E-state index contributed by atoms with van der Waals surface area (Å²) in [5, 5.41) is 19.2. The number of hydrogen-bond acceptors (Lipinski definition) is 6. The Hall–Kier alpha value is -2.18. The van der Waals surface area contributed by atoms with Crippen molar-refractivity contribution in [2.24, 2.45) is 5.92 Å². The van der Waals surface area contributed by atoms with Crippen LogP contribution in [0.3, 0.4) is 0 Å². The van der Waals surface area contributed by atoms with Gasteiger partial charge in [0.2, 0.25) is 0 Å². The van der Waals surface area contributed by atoms with Crippen LogP contribution in [0.2, 0.25) is 0 Å². The molecule has 242 valence electrons. The fourth-order valence-corrected chi connectivity index (χ4v) is 4.28. The molecule has 2 atom stereocenters. The van der Waals surface area contributed by atoms with E-state index in [4.69, 9.17) is 9.47 Å². The zero-order chi connectivity index (χ0) is 31.1. The van der Waals surface area contributed by atoms with Crippen molar-refractivity contribution in [2.45, 2.75) is 149 Å². The molecule has 0 saturated carbocycles. The molecule has 0 rings (SSSR count). The van der Waals surface area contributed by atoms with Crippen LogP contribution in [0.4, 0.5) is 0 Å². The van der Waals surface area contributed by atoms with Gasteiger partial charge >= 0.3 is 11.9 Å². The molecule has 0 saturated heterocycles. The Kier molecular flexibility index (Phi) is 28.7. The summed E-state index contributed by atoms with van der Waals surface area (Å²) in [6.45, 7) is 6.18. The van der Waals surface area contributed by atoms with Gasteiger partial charge < -0.3 is 19.7 Å². The number of carbonyl (C=O) groups excluding carboxylic acids is 2. The maximum absolute atomic E-state index is 12.1. The molecule has 0 aromatic carbocycles. The summed E-state index contributed by atoms with van der Waals surface area (Å²) in [7, 11) is 0. The quantitative estimate of drug-likeness (QED) is 0.0538. The second-order valence-electron chi connectivity index (χ2n) is 11.5. The molecule has 0 aliphatic heterocycles. The molecule has 0 aromatic heterocycles. The second-order valence-corrected chi connectivity index (χ2v) is 11.5. The number of aliphatic hydroxyl groups excluding tert-OH is 2. The van der Waals surface area contributed by atoms with E-state index in [-0.39, 0.29) is 31.3 Å². The fraction of sp³-hybridized carbons (Fsp3) is 0.722. The molecule has 0 fully saturated rings. The van der Waals surface area contributed by atoms with Gasteiger partial charge in [0, 0.05) is 12.8 Å². The van der Waals surface area contributed by atoms with E-state index >= 15 is 0 Å². The number of hydrogen-bond donors (Lipinski definition) is 2. The van der Waals surface area contributed by atoms with Crippen molar-refractivity contribution >= 4 is 11.9 Å². The Morgan fingerprint density at radius 2 is 1.26 bits per heavy atom. The molecule has 0 heterocycles. The maximum Gasteiger partial charge on any atom is 0.306 e. The Morgan fingerprint density at radius 3 is 1.88 bits per heavy atom. The summed E-state index contributed by atoms with van der Waals surface area (Å²) in [6.07, 6.45) is 32.3. The lowest BCUT2D eigenvalue weighted by Gasteiger charge is -2.15. The van der Waals surface area contributed by atoms with E-state index in [9.17, 15) is 19.8 Å². The maximum atomic E-state index is 12.1. The van der Waals surface area contributed by atoms with Crippen molar-refractivity contribution < 1.29 is 29.3 Å². The number of esters is 2. The number of ether oxygens (including phenoxy) is 2. The fourth-order valence-electron chi connectivity index (χ4n) is 4.28. The van der Waals surface area contributed by atoms with Gasteiger partial charge in [-0.2, -0.15) is 0 Å². The molecule has 0 radical (unpaired) electrons. The predicted molar refractivity (Wildman–Crippen MR) is 174 cm³/mol. The average Bonchev–Trinajstić information content (AvgIpc) is 2.97. The summed E-state index contributed by atoms with van der Waals surface area (Å²) in [5.74, 6) is 0.0929. The molecule has 0 spiro atoms. The molecule has 0 aromatic rings. The first kappa shape index (κ1) is 39.8. The van der Waals surface area contributed by atoms with Gasteiger partial charge in [-0.15, -0.1) is 0 Å². The number of carbonyl (C=O) groups is 2. The Labute approximate surface area is 257 Å². The van der Waals surface area contributed by atoms with Gasteiger partial charge in [-0.25, -0.2) is 0 Å². The van der Waals surface area contributed by atoms with Gasteiger partial charge in [0.15, 0.2) is 6.10 Å². The SMILES string of the molecule is CCCC[C@H](O)/C=C\C/C=C\C/C=C\C/C=C\CCCC(=O)OC[C@H](CO)OC(=O)CCCCCCCCCC(C)C. The summed E-state index contributed by atoms with van der Waals surface area (Å²) >= 11 is 0. The van der Waals surface area contributed by atoms with Crippen LogP contribution in [0.15, 0.2) is 48.6 Å². The largest absolute Gasteiger partial charge is 0.462 e. The van der Waals surface area contributed by atoms with Gasteiger partial charge in [-0.05, 0) is 50.9 Å². The summed E-state index contributed by atoms with van der Waals surface area (Å²) < 4.78 is 10.5. The molecule has 0 bridgehead atoms. The van der Waals surface area contributed by atoms with Crippen molar-refractivity contribution in [2.75, 3.05) is 13.2 Å². The molecule has 2 N–H and O–H groups in total. The molecule has 0 unspecified atom stereocenters. The summed E-state index contributed by atoms with van der Waals surface area (Å²) in [6, 6.07) is 0. The van der Waals surface area contributed by atoms with Crippen LogP contribution in [0, 0.1) is 5.92 Å². The third kappa shape index (κ3) is 29.3. The van der Waals surface area contributed by atoms with Crippen LogP contribution in [-0.2, 0) is 19.1 Å². The summed E-state index contributed by atoms with van der Waals surface area (Å²) in [4.78, 5) is 24.0. The third-order valence-electron chi connectivity index (χ3n) is 6.87. The van der Waals surface area contributed by atoms with Crippen molar-refractivity contribution in [1.29, 1.82) is 0 Å². The number of unbranched alkanes of at least 4 members (excludes halogenated alkanes) is 8. The average molecular weight is 591 g/mol. The standard InChI is InChI=1S/C36H62O6/c1-4-5-26-33(38)27-22-18-14-10-8-6-7-9-11-15-19-23-28-35(39)41-31-34(30-37)42-36(40)29-24-20-16-12-13-17-21-25-32(2)3/h6-7,10-11,14-15,22,27,32-34,37-38H,4-5,8-9,12-13,16-21,23-26,28-31H2,1-3H3/b7-6-,14-10-,15-11-,27-22-/t33-,34-/m0/s1. The Morgan fingerprint density at radius 1 is 0.690 bits per heavy atom. The van der Waals surface area contributed by atoms with Crippen LogP contribution in [0.1, 0.15) is 136 Å². The van der Waals surface area contributed by atoms with Gasteiger partial charge in [-0.1, -0.05) is 127 Å². The highest BCUT2D eigenvalue weighted by Gasteiger charge is 2.16. The number of allylic oxidation sites excluding steroid dienone is 7. The topological polar surface area (TPSA) is 93.1 Å². The van der Waals surface area contributed by atoms with Crippen LogP contribution >= 0.6 is 0 Å². The minimum atomic E-state index is -0.802. The highest BCUT2D eigenvalue weighted by atomic mass is 16.6. The highest BCUT2D eigenvalue weighted by molar-refractivity contribution is 5.70. The van der Waals surface area contributed by atoms with Gasteiger partial charge in [-0.3, -0.25) is 9.59 Å². The zero-order valence-electron chi connectivity index (χ0n) is 27.0. The van der Waals surface area contributed by atoms with Gasteiger partial charge in [0.25, 0.3) is 0 Å². The van der Waals surface area contributed by atoms with Crippen molar-refractivity contribution in [3.63, 3.8) is 0 Å². The monoisotopic (exact) mass is 590 g/mol. The van der Waals surface area contributed by atoms with E-state index < -0.39 is 6.10 Å².